The van der Waals surface area contributed by atoms with E-state index in [2.05, 4.69) is 10.5 Å². The van der Waals surface area contributed by atoms with E-state index in [4.69, 9.17) is 0 Å². The van der Waals surface area contributed by atoms with Crippen LogP contribution in [0.25, 0.3) is 10.8 Å². The predicted molar refractivity (Wildman–Crippen MR) is 83.3 cm³/mol. The SMILES string of the molecule is Oc1ccc2ccccc2c1/C=N/Nc1ccccc1. The summed E-state index contributed by atoms with van der Waals surface area (Å²) in [5, 5.41) is 16.2. The van der Waals surface area contributed by atoms with Crippen LogP contribution < -0.4 is 5.43 Å². The summed E-state index contributed by atoms with van der Waals surface area (Å²) in [6, 6.07) is 21.2. The summed E-state index contributed by atoms with van der Waals surface area (Å²) < 4.78 is 0. The van der Waals surface area contributed by atoms with Crippen molar-refractivity contribution in [2.24, 2.45) is 5.10 Å². The highest BCUT2D eigenvalue weighted by Gasteiger charge is 2.03. The fourth-order valence-electron chi connectivity index (χ4n) is 2.10. The lowest BCUT2D eigenvalue weighted by atomic mass is 10.0. The van der Waals surface area contributed by atoms with Gasteiger partial charge in [0.05, 0.1) is 11.9 Å². The van der Waals surface area contributed by atoms with E-state index >= 15 is 0 Å². The van der Waals surface area contributed by atoms with Crippen molar-refractivity contribution in [3.05, 3.63) is 72.3 Å². The Morgan fingerprint density at radius 1 is 0.850 bits per heavy atom. The van der Waals surface area contributed by atoms with E-state index in [-0.39, 0.29) is 5.75 Å². The van der Waals surface area contributed by atoms with Crippen molar-refractivity contribution in [1.82, 2.24) is 0 Å². The van der Waals surface area contributed by atoms with Crippen LogP contribution in [0.2, 0.25) is 0 Å². The molecule has 3 nitrogen and oxygen atoms in total. The van der Waals surface area contributed by atoms with Crippen LogP contribution in [-0.4, -0.2) is 11.3 Å². The fourth-order valence-corrected chi connectivity index (χ4v) is 2.10. The third kappa shape index (κ3) is 2.47. The number of hydrogen-bond donors (Lipinski definition) is 2. The van der Waals surface area contributed by atoms with Gasteiger partial charge in [0.2, 0.25) is 0 Å². The molecule has 0 fully saturated rings. The Morgan fingerprint density at radius 2 is 1.60 bits per heavy atom. The molecule has 0 atom stereocenters. The number of benzene rings is 3. The highest BCUT2D eigenvalue weighted by molar-refractivity contribution is 6.02. The maximum Gasteiger partial charge on any atom is 0.125 e. The van der Waals surface area contributed by atoms with Gasteiger partial charge in [0.1, 0.15) is 5.75 Å². The molecule has 0 aromatic heterocycles. The summed E-state index contributed by atoms with van der Waals surface area (Å²) >= 11 is 0. The summed E-state index contributed by atoms with van der Waals surface area (Å²) in [7, 11) is 0. The van der Waals surface area contributed by atoms with Crippen LogP contribution in [0.4, 0.5) is 5.69 Å². The molecule has 0 spiro atoms. The molecular weight excluding hydrogens is 248 g/mol. The number of rotatable bonds is 3. The van der Waals surface area contributed by atoms with Crippen molar-refractivity contribution in [3.63, 3.8) is 0 Å². The molecule has 0 saturated carbocycles. The molecule has 0 aliphatic rings. The molecular formula is C17H14N2O. The average Bonchev–Trinajstić information content (AvgIpc) is 2.50. The molecule has 20 heavy (non-hydrogen) atoms. The summed E-state index contributed by atoms with van der Waals surface area (Å²) in [6.45, 7) is 0. The summed E-state index contributed by atoms with van der Waals surface area (Å²) in [4.78, 5) is 0. The number of hydrazone groups is 1. The van der Waals surface area contributed by atoms with Crippen molar-refractivity contribution >= 4 is 22.7 Å². The van der Waals surface area contributed by atoms with E-state index in [0.29, 0.717) is 5.56 Å². The van der Waals surface area contributed by atoms with Gasteiger partial charge < -0.3 is 5.11 Å². The highest BCUT2D eigenvalue weighted by atomic mass is 16.3. The molecule has 0 aliphatic carbocycles. The van der Waals surface area contributed by atoms with E-state index in [1.807, 2.05) is 60.7 Å². The molecule has 0 amide bonds. The number of phenolic OH excluding ortho intramolecular Hbond substituents is 1. The van der Waals surface area contributed by atoms with Crippen molar-refractivity contribution in [2.45, 2.75) is 0 Å². The zero-order chi connectivity index (χ0) is 13.8. The van der Waals surface area contributed by atoms with Gasteiger partial charge in [-0.15, -0.1) is 0 Å². The lowest BCUT2D eigenvalue weighted by molar-refractivity contribution is 0.475. The highest BCUT2D eigenvalue weighted by Crippen LogP contribution is 2.25. The van der Waals surface area contributed by atoms with E-state index in [1.54, 1.807) is 12.3 Å². The van der Waals surface area contributed by atoms with Gasteiger partial charge in [-0.2, -0.15) is 5.10 Å². The molecule has 0 unspecified atom stereocenters. The lowest BCUT2D eigenvalue weighted by Gasteiger charge is -2.05. The molecule has 98 valence electrons. The second-order valence-electron chi connectivity index (χ2n) is 4.46. The van der Waals surface area contributed by atoms with Crippen molar-refractivity contribution < 1.29 is 5.11 Å². The Hall–Kier alpha value is -2.81. The van der Waals surface area contributed by atoms with Crippen LogP contribution in [0.1, 0.15) is 5.56 Å². The monoisotopic (exact) mass is 262 g/mol. The Kier molecular flexibility index (Phi) is 3.33. The quantitative estimate of drug-likeness (QED) is 0.553. The average molecular weight is 262 g/mol. The number of para-hydroxylation sites is 1. The maximum atomic E-state index is 9.99. The van der Waals surface area contributed by atoms with E-state index in [9.17, 15) is 5.11 Å². The molecule has 0 heterocycles. The second-order valence-corrected chi connectivity index (χ2v) is 4.46. The van der Waals surface area contributed by atoms with Gasteiger partial charge in [0.15, 0.2) is 0 Å². The summed E-state index contributed by atoms with van der Waals surface area (Å²) in [5.41, 5.74) is 4.56. The Bertz CT molecular complexity index is 751. The first-order valence-electron chi connectivity index (χ1n) is 6.39. The molecule has 2 N–H and O–H groups in total. The molecule has 0 bridgehead atoms. The Balaban J connectivity index is 1.92. The number of nitrogens with zero attached hydrogens (tertiary/aromatic N) is 1. The number of aromatic hydroxyl groups is 1. The van der Waals surface area contributed by atoms with E-state index in [1.165, 1.54) is 0 Å². The molecule has 0 saturated heterocycles. The van der Waals surface area contributed by atoms with Crippen LogP contribution >= 0.6 is 0 Å². The van der Waals surface area contributed by atoms with Gasteiger partial charge in [-0.05, 0) is 29.0 Å². The molecule has 0 radical (unpaired) electrons. The minimum Gasteiger partial charge on any atom is -0.507 e. The van der Waals surface area contributed by atoms with Crippen LogP contribution in [0, 0.1) is 0 Å². The van der Waals surface area contributed by atoms with Crippen LogP contribution in [0.15, 0.2) is 71.8 Å². The minimum absolute atomic E-state index is 0.224. The van der Waals surface area contributed by atoms with Crippen molar-refractivity contribution in [3.8, 4) is 5.75 Å². The molecule has 3 aromatic carbocycles. The number of anilines is 1. The fraction of sp³-hybridized carbons (Fsp3) is 0. The number of phenols is 1. The topological polar surface area (TPSA) is 44.6 Å². The minimum atomic E-state index is 0.224. The Morgan fingerprint density at radius 3 is 2.45 bits per heavy atom. The zero-order valence-electron chi connectivity index (χ0n) is 10.8. The smallest absolute Gasteiger partial charge is 0.125 e. The summed E-state index contributed by atoms with van der Waals surface area (Å²) in [5.74, 6) is 0.224. The predicted octanol–water partition coefficient (Wildman–Crippen LogP) is 3.99. The number of fused-ring (bicyclic) bond motifs is 1. The Labute approximate surface area is 117 Å². The molecule has 3 rings (SSSR count). The molecule has 3 heteroatoms. The van der Waals surface area contributed by atoms with Crippen molar-refractivity contribution in [1.29, 1.82) is 0 Å². The third-order valence-electron chi connectivity index (χ3n) is 3.11. The van der Waals surface area contributed by atoms with E-state index < -0.39 is 0 Å². The second kappa shape index (κ2) is 5.45. The molecule has 0 aliphatic heterocycles. The zero-order valence-corrected chi connectivity index (χ0v) is 10.8. The van der Waals surface area contributed by atoms with Gasteiger partial charge >= 0.3 is 0 Å². The van der Waals surface area contributed by atoms with E-state index in [0.717, 1.165) is 16.5 Å². The largest absolute Gasteiger partial charge is 0.507 e. The van der Waals surface area contributed by atoms with Gasteiger partial charge in [0, 0.05) is 5.56 Å². The van der Waals surface area contributed by atoms with Gasteiger partial charge in [-0.25, -0.2) is 0 Å². The summed E-state index contributed by atoms with van der Waals surface area (Å²) in [6.07, 6.45) is 1.64. The lowest BCUT2D eigenvalue weighted by Crippen LogP contribution is -1.91. The van der Waals surface area contributed by atoms with Crippen LogP contribution in [-0.2, 0) is 0 Å². The van der Waals surface area contributed by atoms with Crippen molar-refractivity contribution in [2.75, 3.05) is 5.43 Å². The number of nitrogens with one attached hydrogen (secondary N) is 1. The van der Waals surface area contributed by atoms with Crippen LogP contribution in [0.5, 0.6) is 5.75 Å². The van der Waals surface area contributed by atoms with Crippen LogP contribution in [0.3, 0.4) is 0 Å². The number of hydrogen-bond acceptors (Lipinski definition) is 3. The normalized spacial score (nSPS) is 11.0. The standard InChI is InChI=1S/C17H14N2O/c20-17-11-10-13-6-4-5-9-15(13)16(17)12-18-19-14-7-2-1-3-8-14/h1-12,19-20H/b18-12+. The first-order chi connectivity index (χ1) is 9.84. The first-order valence-corrected chi connectivity index (χ1v) is 6.39. The first kappa shape index (κ1) is 12.2. The third-order valence-corrected chi connectivity index (χ3v) is 3.11. The van der Waals surface area contributed by atoms with Gasteiger partial charge in [-0.1, -0.05) is 48.5 Å². The molecule has 3 aromatic rings. The van der Waals surface area contributed by atoms with Gasteiger partial charge in [-0.3, -0.25) is 5.43 Å². The van der Waals surface area contributed by atoms with Gasteiger partial charge in [0.25, 0.3) is 0 Å². The maximum absolute atomic E-state index is 9.99.